The zero-order chi connectivity index (χ0) is 9.80. The van der Waals surface area contributed by atoms with Crippen LogP contribution >= 0.6 is 0 Å². The summed E-state index contributed by atoms with van der Waals surface area (Å²) in [6, 6.07) is 0. The predicted molar refractivity (Wildman–Crippen MR) is 66.4 cm³/mol. The van der Waals surface area contributed by atoms with Crippen molar-refractivity contribution in [3.63, 3.8) is 0 Å². The second-order valence-corrected chi connectivity index (χ2v) is 14.3. The number of hydrogen-bond acceptors (Lipinski definition) is 0. The molecule has 0 aliphatic heterocycles. The monoisotopic (exact) mass is 302 g/mol. The van der Waals surface area contributed by atoms with Crippen LogP contribution < -0.4 is 0 Å². The van der Waals surface area contributed by atoms with E-state index in [9.17, 15) is 0 Å². The molecule has 0 unspecified atom stereocenters. The molecule has 2 saturated carbocycles. The summed E-state index contributed by atoms with van der Waals surface area (Å²) in [5.74, 6) is 0. The van der Waals surface area contributed by atoms with E-state index in [1.807, 2.05) is 0 Å². The Hall–Kier alpha value is 0.799. The molecule has 2 aliphatic rings. The van der Waals surface area contributed by atoms with E-state index in [4.69, 9.17) is 0 Å². The minimum atomic E-state index is -0.948. The summed E-state index contributed by atoms with van der Waals surface area (Å²) in [5.41, 5.74) is 0. The van der Waals surface area contributed by atoms with Gasteiger partial charge in [0, 0.05) is 0 Å². The van der Waals surface area contributed by atoms with E-state index in [2.05, 4.69) is 4.94 Å². The molecule has 14 heavy (non-hydrogen) atoms. The van der Waals surface area contributed by atoms with Crippen LogP contribution in [0.2, 0.25) is 12.8 Å². The maximum Gasteiger partial charge on any atom is -1.00 e. The maximum atomic E-state index is 2.74. The van der Waals surface area contributed by atoms with Crippen molar-refractivity contribution in [1.29, 1.82) is 0 Å². The van der Waals surface area contributed by atoms with E-state index in [1.54, 1.807) is 51.4 Å². The van der Waals surface area contributed by atoms with Gasteiger partial charge in [0.05, 0.1) is 0 Å². The quantitative estimate of drug-likeness (QED) is 0.637. The number of hydrogen-bond donors (Lipinski definition) is 0. The smallest absolute Gasteiger partial charge is 1.00 e. The Labute approximate surface area is 98.1 Å². The molecule has 0 spiro atoms. The first-order valence-corrected chi connectivity index (χ1v) is 12.9. The normalized spacial score (nSPS) is 27.0. The fourth-order valence-electron chi connectivity index (χ4n) is 3.45. The second kappa shape index (κ2) is 5.77. The summed E-state index contributed by atoms with van der Waals surface area (Å²) in [7, 11) is 0. The van der Waals surface area contributed by atoms with Crippen LogP contribution in [0.15, 0.2) is 0 Å². The van der Waals surface area contributed by atoms with Crippen molar-refractivity contribution in [1.82, 2.24) is 0 Å². The molecule has 0 bridgehead atoms. The molecule has 2 rings (SSSR count). The third-order valence-electron chi connectivity index (χ3n) is 4.50. The summed E-state index contributed by atoms with van der Waals surface area (Å²) < 4.78 is 2.57. The summed E-state index contributed by atoms with van der Waals surface area (Å²) in [6.45, 7) is 0. The zero-order valence-corrected chi connectivity index (χ0v) is 12.6. The predicted octanol–water partition coefficient (Wildman–Crippen LogP) is 4.89. The zero-order valence-electron chi connectivity index (χ0n) is 10.7. The molecule has 0 aromatic rings. The van der Waals surface area contributed by atoms with Crippen LogP contribution in [0.3, 0.4) is 0 Å². The first kappa shape index (κ1) is 11.3. The van der Waals surface area contributed by atoms with Gasteiger partial charge in [-0.2, -0.15) is 0 Å². The van der Waals surface area contributed by atoms with Crippen LogP contribution in [0.4, 0.5) is 0 Å². The number of rotatable bonds is 2. The molecular weight excluding hydrogens is 275 g/mol. The van der Waals surface area contributed by atoms with Gasteiger partial charge in [0.15, 0.2) is 0 Å². The molecule has 0 heterocycles. The van der Waals surface area contributed by atoms with Gasteiger partial charge in [-0.05, 0) is 0 Å². The van der Waals surface area contributed by atoms with Gasteiger partial charge in [0.25, 0.3) is 0 Å². The second-order valence-electron chi connectivity index (χ2n) is 5.41. The van der Waals surface area contributed by atoms with Crippen LogP contribution in [0, 0.1) is 0 Å². The first-order valence-electron chi connectivity index (χ1n) is 6.71. The maximum absolute atomic E-state index is 2.74. The van der Waals surface area contributed by atoms with Gasteiger partial charge in [-0.15, -0.1) is 0 Å². The molecule has 1 radical (unpaired) electrons. The Morgan fingerprint density at radius 3 is 1.43 bits per heavy atom. The largest absolute Gasteiger partial charge is 1.00 e. The Kier molecular flexibility index (Phi) is 4.65. The van der Waals surface area contributed by atoms with Crippen molar-refractivity contribution in [2.24, 2.45) is 0 Å². The Morgan fingerprint density at radius 2 is 1.07 bits per heavy atom. The van der Waals surface area contributed by atoms with Gasteiger partial charge in [-0.25, -0.2) is 0 Å². The summed E-state index contributed by atoms with van der Waals surface area (Å²) in [6.07, 6.45) is 15.8. The molecule has 0 amide bonds. The minimum absolute atomic E-state index is 0. The summed E-state index contributed by atoms with van der Waals surface area (Å²) in [5, 5.41) is 0. The third-order valence-corrected chi connectivity index (χ3v) is 15.1. The molecule has 83 valence electrons. The van der Waals surface area contributed by atoms with Crippen molar-refractivity contribution >= 4 is 19.8 Å². The van der Waals surface area contributed by atoms with Crippen molar-refractivity contribution in [3.05, 3.63) is 0 Å². The fraction of sp³-hybridized carbons (Fsp3) is 1.00. The average molecular weight is 301 g/mol. The molecule has 0 N–H and O–H groups in total. The fourth-order valence-corrected chi connectivity index (χ4v) is 12.9. The molecule has 1 heteroatoms. The molecule has 0 nitrogen and oxygen atoms in total. The molecule has 0 aromatic carbocycles. The Bertz CT molecular complexity index is 142. The Morgan fingerprint density at radius 1 is 0.714 bits per heavy atom. The van der Waals surface area contributed by atoms with E-state index in [0.717, 1.165) is 0 Å². The van der Waals surface area contributed by atoms with E-state index in [0.29, 0.717) is 0 Å². The molecule has 0 aromatic heterocycles. The van der Waals surface area contributed by atoms with Crippen molar-refractivity contribution in [2.45, 2.75) is 77.0 Å². The van der Waals surface area contributed by atoms with Gasteiger partial charge in [0.1, 0.15) is 0 Å². The first-order chi connectivity index (χ1) is 6.88. The topological polar surface area (TPSA) is 0 Å². The Balaban J connectivity index is 0.00000112. The van der Waals surface area contributed by atoms with Crippen LogP contribution in [0.5, 0.6) is 0 Å². The van der Waals surface area contributed by atoms with Gasteiger partial charge >= 0.3 is 96.8 Å². The summed E-state index contributed by atoms with van der Waals surface area (Å²) >= 11 is -0.948. The molecule has 2 aliphatic carbocycles. The van der Waals surface area contributed by atoms with Crippen molar-refractivity contribution in [3.8, 4) is 0 Å². The average Bonchev–Trinajstić information content (AvgIpc) is 2.30. The van der Waals surface area contributed by atoms with Crippen molar-refractivity contribution < 1.29 is 1.43 Å². The summed E-state index contributed by atoms with van der Waals surface area (Å²) in [4.78, 5) is 2.74. The van der Waals surface area contributed by atoms with E-state index >= 15 is 0 Å². The van der Waals surface area contributed by atoms with Gasteiger partial charge < -0.3 is 1.43 Å². The standard InChI is InChI=1S/2C6H11.CH3.Sn.H/c2*1-2-4-6-5-3-1;;;/h2*1H,2-6H2;1H3;;/q;;;;-1. The van der Waals surface area contributed by atoms with E-state index in [1.165, 1.54) is 20.7 Å². The van der Waals surface area contributed by atoms with Crippen molar-refractivity contribution in [2.75, 3.05) is 0 Å². The van der Waals surface area contributed by atoms with Crippen LogP contribution in [0.25, 0.3) is 0 Å². The van der Waals surface area contributed by atoms with E-state index < -0.39 is 19.8 Å². The van der Waals surface area contributed by atoms with Crippen LogP contribution in [-0.2, 0) is 0 Å². The van der Waals surface area contributed by atoms with E-state index in [-0.39, 0.29) is 1.43 Å². The SMILES string of the molecule is [CH3][Sn]([CH]1CCCCC1)[CH]1CCCCC1.[H-]. The molecule has 0 atom stereocenters. The molecule has 2 fully saturated rings. The van der Waals surface area contributed by atoms with Gasteiger partial charge in [0.2, 0.25) is 0 Å². The van der Waals surface area contributed by atoms with Gasteiger partial charge in [-0.3, -0.25) is 0 Å². The van der Waals surface area contributed by atoms with Crippen LogP contribution in [0.1, 0.15) is 65.6 Å². The van der Waals surface area contributed by atoms with Crippen LogP contribution in [-0.4, -0.2) is 19.8 Å². The third kappa shape index (κ3) is 2.90. The molecule has 0 saturated heterocycles. The van der Waals surface area contributed by atoms with Gasteiger partial charge in [-0.1, -0.05) is 0 Å². The minimum Gasteiger partial charge on any atom is -1.00 e. The molecular formula is C13H26Sn-.